The van der Waals surface area contributed by atoms with Crippen molar-refractivity contribution in [3.8, 4) is 11.5 Å². The molecular weight excluding hydrogens is 328 g/mol. The molecule has 0 aliphatic carbocycles. The molecule has 2 aromatic rings. The van der Waals surface area contributed by atoms with Crippen molar-refractivity contribution in [3.63, 3.8) is 0 Å². The minimum atomic E-state index is -0.715. The van der Waals surface area contributed by atoms with E-state index in [1.54, 1.807) is 11.8 Å². The van der Waals surface area contributed by atoms with Crippen LogP contribution in [-0.2, 0) is 16.1 Å². The normalized spacial score (nSPS) is 12.1. The van der Waals surface area contributed by atoms with Crippen molar-refractivity contribution in [3.05, 3.63) is 41.3 Å². The number of rotatable bonds is 6. The number of hydrogen-bond donors (Lipinski definition) is 0. The van der Waals surface area contributed by atoms with E-state index in [-0.39, 0.29) is 25.1 Å². The molecule has 8 heteroatoms. The van der Waals surface area contributed by atoms with Gasteiger partial charge in [0.15, 0.2) is 18.1 Å². The monoisotopic (exact) mass is 346 g/mol. The Balaban J connectivity index is 1.57. The van der Waals surface area contributed by atoms with Crippen LogP contribution in [0.25, 0.3) is 0 Å². The molecule has 1 amide bonds. The largest absolute Gasteiger partial charge is 0.454 e. The Bertz CT molecular complexity index is 785. The first-order valence-electron chi connectivity index (χ1n) is 7.83. The summed E-state index contributed by atoms with van der Waals surface area (Å²) in [6.45, 7) is 4.24. The predicted octanol–water partition coefficient (Wildman–Crippen LogP) is 1.92. The third-order valence-corrected chi connectivity index (χ3v) is 3.70. The smallest absolute Gasteiger partial charge is 0.377 e. The lowest BCUT2D eigenvalue weighted by molar-refractivity contribution is -0.135. The van der Waals surface area contributed by atoms with Gasteiger partial charge in [-0.05, 0) is 31.5 Å². The van der Waals surface area contributed by atoms with Gasteiger partial charge in [-0.1, -0.05) is 11.2 Å². The SMILES string of the molecule is CCN(Cc1ccc2c(c1)OCO2)C(=O)COC(=O)c1cc(C)no1. The summed E-state index contributed by atoms with van der Waals surface area (Å²) in [4.78, 5) is 25.7. The van der Waals surface area contributed by atoms with Crippen molar-refractivity contribution < 1.29 is 28.3 Å². The predicted molar refractivity (Wildman–Crippen MR) is 85.2 cm³/mol. The Kier molecular flexibility index (Phi) is 4.87. The Morgan fingerprint density at radius 3 is 2.76 bits per heavy atom. The van der Waals surface area contributed by atoms with E-state index >= 15 is 0 Å². The summed E-state index contributed by atoms with van der Waals surface area (Å²) in [5.74, 6) is 0.310. The number of amides is 1. The van der Waals surface area contributed by atoms with Crippen LogP contribution in [0.2, 0.25) is 0 Å². The van der Waals surface area contributed by atoms with Crippen molar-refractivity contribution in [1.29, 1.82) is 0 Å². The molecule has 8 nitrogen and oxygen atoms in total. The molecule has 0 unspecified atom stereocenters. The third kappa shape index (κ3) is 3.90. The van der Waals surface area contributed by atoms with Gasteiger partial charge in [0.25, 0.3) is 5.91 Å². The number of likely N-dealkylation sites (N-methyl/N-ethyl adjacent to an activating group) is 1. The highest BCUT2D eigenvalue weighted by atomic mass is 16.7. The number of aryl methyl sites for hydroxylation is 1. The molecule has 0 saturated carbocycles. The summed E-state index contributed by atoms with van der Waals surface area (Å²) in [5.41, 5.74) is 1.47. The number of benzene rings is 1. The van der Waals surface area contributed by atoms with Crippen molar-refractivity contribution in [1.82, 2.24) is 10.1 Å². The van der Waals surface area contributed by atoms with Crippen LogP contribution in [-0.4, -0.2) is 41.9 Å². The minimum Gasteiger partial charge on any atom is -0.454 e. The summed E-state index contributed by atoms with van der Waals surface area (Å²) in [7, 11) is 0. The molecule has 3 rings (SSSR count). The number of nitrogens with zero attached hydrogens (tertiary/aromatic N) is 2. The molecule has 0 spiro atoms. The maximum Gasteiger partial charge on any atom is 0.377 e. The van der Waals surface area contributed by atoms with Crippen molar-refractivity contribution in [2.24, 2.45) is 0 Å². The van der Waals surface area contributed by atoms with Crippen LogP contribution in [0.5, 0.6) is 11.5 Å². The van der Waals surface area contributed by atoms with E-state index in [2.05, 4.69) is 5.16 Å². The molecule has 0 fully saturated rings. The maximum absolute atomic E-state index is 12.3. The van der Waals surface area contributed by atoms with Gasteiger partial charge < -0.3 is 23.6 Å². The first-order valence-corrected chi connectivity index (χ1v) is 7.83. The summed E-state index contributed by atoms with van der Waals surface area (Å²) in [6, 6.07) is 6.97. The van der Waals surface area contributed by atoms with Gasteiger partial charge in [-0.25, -0.2) is 4.79 Å². The minimum absolute atomic E-state index is 0.0240. The number of hydrogen-bond acceptors (Lipinski definition) is 7. The molecule has 1 aromatic heterocycles. The van der Waals surface area contributed by atoms with Crippen molar-refractivity contribution >= 4 is 11.9 Å². The standard InChI is InChI=1S/C17H18N2O6/c1-3-19(8-12-4-5-13-14(7-12)24-10-23-13)16(20)9-22-17(21)15-6-11(2)18-25-15/h4-7H,3,8-10H2,1-2H3. The lowest BCUT2D eigenvalue weighted by Gasteiger charge is -2.20. The molecule has 1 aromatic carbocycles. The van der Waals surface area contributed by atoms with Gasteiger partial charge in [0.1, 0.15) is 0 Å². The zero-order valence-corrected chi connectivity index (χ0v) is 14.0. The van der Waals surface area contributed by atoms with Gasteiger partial charge in [-0.15, -0.1) is 0 Å². The van der Waals surface area contributed by atoms with Gasteiger partial charge in [0, 0.05) is 19.2 Å². The highest BCUT2D eigenvalue weighted by Crippen LogP contribution is 2.32. The fraction of sp³-hybridized carbons (Fsp3) is 0.353. The molecule has 0 saturated heterocycles. The topological polar surface area (TPSA) is 91.1 Å². The molecule has 0 bridgehead atoms. The van der Waals surface area contributed by atoms with E-state index in [1.807, 2.05) is 25.1 Å². The van der Waals surface area contributed by atoms with Gasteiger partial charge >= 0.3 is 5.97 Å². The van der Waals surface area contributed by atoms with Crippen molar-refractivity contribution in [2.45, 2.75) is 20.4 Å². The van der Waals surface area contributed by atoms with Gasteiger partial charge in [-0.3, -0.25) is 4.79 Å². The van der Waals surface area contributed by atoms with Crippen molar-refractivity contribution in [2.75, 3.05) is 19.9 Å². The van der Waals surface area contributed by atoms with Gasteiger partial charge in [0.2, 0.25) is 12.6 Å². The maximum atomic E-state index is 12.3. The van der Waals surface area contributed by atoms with E-state index in [0.29, 0.717) is 30.3 Å². The lowest BCUT2D eigenvalue weighted by Crippen LogP contribution is -2.34. The second-order valence-corrected chi connectivity index (χ2v) is 5.50. The molecule has 132 valence electrons. The average molecular weight is 346 g/mol. The van der Waals surface area contributed by atoms with E-state index in [1.165, 1.54) is 6.07 Å². The summed E-state index contributed by atoms with van der Waals surface area (Å²) >= 11 is 0. The molecule has 2 heterocycles. The highest BCUT2D eigenvalue weighted by molar-refractivity contribution is 5.88. The van der Waals surface area contributed by atoms with Crippen LogP contribution in [0.4, 0.5) is 0 Å². The molecule has 0 atom stereocenters. The first-order chi connectivity index (χ1) is 12.1. The average Bonchev–Trinajstić information content (AvgIpc) is 3.25. The summed E-state index contributed by atoms with van der Waals surface area (Å²) < 4.78 is 20.4. The zero-order chi connectivity index (χ0) is 17.8. The van der Waals surface area contributed by atoms with Crippen LogP contribution < -0.4 is 9.47 Å². The number of fused-ring (bicyclic) bond motifs is 1. The van der Waals surface area contributed by atoms with E-state index in [0.717, 1.165) is 5.56 Å². The molecule has 0 radical (unpaired) electrons. The fourth-order valence-electron chi connectivity index (χ4n) is 2.39. The van der Waals surface area contributed by atoms with Gasteiger partial charge in [-0.2, -0.15) is 0 Å². The molecule has 0 N–H and O–H groups in total. The summed E-state index contributed by atoms with van der Waals surface area (Å²) in [6.07, 6.45) is 0. The Labute approximate surface area is 144 Å². The van der Waals surface area contributed by atoms with Crippen LogP contribution >= 0.6 is 0 Å². The second kappa shape index (κ2) is 7.25. The third-order valence-electron chi connectivity index (χ3n) is 3.70. The van der Waals surface area contributed by atoms with Crippen LogP contribution in [0.3, 0.4) is 0 Å². The molecular formula is C17H18N2O6. The Morgan fingerprint density at radius 2 is 2.04 bits per heavy atom. The Morgan fingerprint density at radius 1 is 1.24 bits per heavy atom. The first kappa shape index (κ1) is 16.8. The van der Waals surface area contributed by atoms with E-state index in [4.69, 9.17) is 18.7 Å². The van der Waals surface area contributed by atoms with Crippen LogP contribution in [0.15, 0.2) is 28.8 Å². The highest BCUT2D eigenvalue weighted by Gasteiger charge is 2.19. The number of carbonyl (C=O) groups is 2. The number of carbonyl (C=O) groups excluding carboxylic acids is 2. The molecule has 1 aliphatic rings. The number of ether oxygens (including phenoxy) is 3. The van der Waals surface area contributed by atoms with Crippen LogP contribution in [0.1, 0.15) is 28.7 Å². The quantitative estimate of drug-likeness (QED) is 0.738. The molecule has 1 aliphatic heterocycles. The lowest BCUT2D eigenvalue weighted by atomic mass is 10.2. The van der Waals surface area contributed by atoms with Gasteiger partial charge in [0.05, 0.1) is 5.69 Å². The van der Waals surface area contributed by atoms with E-state index < -0.39 is 5.97 Å². The number of esters is 1. The van der Waals surface area contributed by atoms with Crippen LogP contribution in [0, 0.1) is 6.92 Å². The zero-order valence-electron chi connectivity index (χ0n) is 14.0. The molecule has 25 heavy (non-hydrogen) atoms. The fourth-order valence-corrected chi connectivity index (χ4v) is 2.39. The summed E-state index contributed by atoms with van der Waals surface area (Å²) in [5, 5.41) is 3.61. The van der Waals surface area contributed by atoms with E-state index in [9.17, 15) is 9.59 Å². The second-order valence-electron chi connectivity index (χ2n) is 5.50. The Hall–Kier alpha value is -3.03. The number of aromatic nitrogens is 1.